The number of benzene rings is 1. The average Bonchev–Trinajstić information content (AvgIpc) is 2.38. The number of anilines is 1. The van der Waals surface area contributed by atoms with E-state index in [1.54, 1.807) is 0 Å². The normalized spacial score (nSPS) is 18.2. The molecular weight excluding hydrogens is 333 g/mol. The molecule has 1 fully saturated rings. The fraction of sp³-hybridized carbons (Fsp3) is 0.571. The number of hydrogen-bond donors (Lipinski definition) is 1. The molecule has 0 atom stereocenters. The second-order valence-corrected chi connectivity index (χ2v) is 6.01. The predicted molar refractivity (Wildman–Crippen MR) is 77.9 cm³/mol. The molecule has 0 unspecified atom stereocenters. The monoisotopic (exact) mass is 350 g/mol. The van der Waals surface area contributed by atoms with Crippen molar-refractivity contribution in [2.45, 2.75) is 19.0 Å². The van der Waals surface area contributed by atoms with E-state index >= 15 is 0 Å². The second kappa shape index (κ2) is 6.80. The number of nitrogens with one attached hydrogen (secondary N) is 1. The Morgan fingerprint density at radius 1 is 1.25 bits per heavy atom. The van der Waals surface area contributed by atoms with E-state index in [4.69, 9.17) is 0 Å². The van der Waals surface area contributed by atoms with Gasteiger partial charge in [-0.15, -0.1) is 0 Å². The molecule has 0 amide bonds. The van der Waals surface area contributed by atoms with Crippen LogP contribution in [0.3, 0.4) is 0 Å². The summed E-state index contributed by atoms with van der Waals surface area (Å²) >= 11 is 3.40. The second-order valence-electron chi connectivity index (χ2n) is 5.09. The lowest BCUT2D eigenvalue weighted by molar-refractivity contribution is -0.184. The number of hydrogen-bond acceptors (Lipinski definition) is 2. The molecule has 1 aliphatic heterocycles. The third kappa shape index (κ3) is 4.66. The summed E-state index contributed by atoms with van der Waals surface area (Å²) < 4.78 is 38.6. The summed E-state index contributed by atoms with van der Waals surface area (Å²) in [6, 6.07) is 7.85. The van der Waals surface area contributed by atoms with E-state index in [1.165, 1.54) is 0 Å². The Kier molecular flexibility index (Phi) is 5.32. The molecule has 0 saturated carbocycles. The van der Waals surface area contributed by atoms with Crippen LogP contribution in [0.4, 0.5) is 18.9 Å². The van der Waals surface area contributed by atoms with Crippen LogP contribution in [0.25, 0.3) is 0 Å². The summed E-state index contributed by atoms with van der Waals surface area (Å²) in [5, 5.41) is 3.28. The highest BCUT2D eigenvalue weighted by atomic mass is 79.9. The van der Waals surface area contributed by atoms with Gasteiger partial charge >= 0.3 is 6.18 Å². The largest absolute Gasteiger partial charge is 0.391 e. The Labute approximate surface area is 125 Å². The maximum atomic E-state index is 12.5. The SMILES string of the molecule is FC(F)(F)C1CCN(CCNc2cccc(Br)c2)CC1. The molecule has 1 saturated heterocycles. The van der Waals surface area contributed by atoms with Gasteiger partial charge in [0.2, 0.25) is 0 Å². The van der Waals surface area contributed by atoms with Gasteiger partial charge in [-0.3, -0.25) is 0 Å². The number of rotatable bonds is 4. The van der Waals surface area contributed by atoms with Crippen molar-refractivity contribution in [2.75, 3.05) is 31.5 Å². The van der Waals surface area contributed by atoms with E-state index in [1.807, 2.05) is 24.3 Å². The van der Waals surface area contributed by atoms with Crippen LogP contribution in [0.5, 0.6) is 0 Å². The Balaban J connectivity index is 1.69. The van der Waals surface area contributed by atoms with Crippen molar-refractivity contribution >= 4 is 21.6 Å². The molecule has 1 heterocycles. The molecule has 0 aromatic heterocycles. The van der Waals surface area contributed by atoms with Crippen LogP contribution >= 0.6 is 15.9 Å². The molecule has 2 nitrogen and oxygen atoms in total. The molecule has 0 spiro atoms. The van der Waals surface area contributed by atoms with Crippen molar-refractivity contribution in [3.05, 3.63) is 28.7 Å². The van der Waals surface area contributed by atoms with E-state index in [2.05, 4.69) is 26.1 Å². The van der Waals surface area contributed by atoms with Crippen LogP contribution in [0.1, 0.15) is 12.8 Å². The van der Waals surface area contributed by atoms with E-state index in [0.717, 1.165) is 23.2 Å². The number of nitrogens with zero attached hydrogens (tertiary/aromatic N) is 1. The van der Waals surface area contributed by atoms with Gasteiger partial charge in [-0.1, -0.05) is 22.0 Å². The Bertz CT molecular complexity index is 429. The molecule has 0 aliphatic carbocycles. The molecule has 6 heteroatoms. The first-order chi connectivity index (χ1) is 9.45. The van der Waals surface area contributed by atoms with Gasteiger partial charge in [-0.25, -0.2) is 0 Å². The van der Waals surface area contributed by atoms with Crippen LogP contribution in [-0.4, -0.2) is 37.3 Å². The number of piperidine rings is 1. The maximum Gasteiger partial charge on any atom is 0.391 e. The van der Waals surface area contributed by atoms with Crippen molar-refractivity contribution in [3.8, 4) is 0 Å². The standard InChI is InChI=1S/C14H18BrF3N2/c15-12-2-1-3-13(10-12)19-6-9-20-7-4-11(5-8-20)14(16,17)18/h1-3,10-11,19H,4-9H2. The molecule has 1 N–H and O–H groups in total. The Hall–Kier alpha value is -0.750. The van der Waals surface area contributed by atoms with E-state index in [0.29, 0.717) is 13.1 Å². The highest BCUT2D eigenvalue weighted by molar-refractivity contribution is 9.10. The molecular formula is C14H18BrF3N2. The molecule has 20 heavy (non-hydrogen) atoms. The van der Waals surface area contributed by atoms with Gasteiger partial charge < -0.3 is 10.2 Å². The lowest BCUT2D eigenvalue weighted by Gasteiger charge is -2.32. The number of alkyl halides is 3. The number of halogens is 4. The van der Waals surface area contributed by atoms with Gasteiger partial charge in [0.05, 0.1) is 5.92 Å². The first-order valence-corrected chi connectivity index (χ1v) is 7.53. The summed E-state index contributed by atoms with van der Waals surface area (Å²) in [7, 11) is 0. The van der Waals surface area contributed by atoms with Crippen molar-refractivity contribution in [1.29, 1.82) is 0 Å². The topological polar surface area (TPSA) is 15.3 Å². The lowest BCUT2D eigenvalue weighted by Crippen LogP contribution is -2.40. The first kappa shape index (κ1) is 15.6. The summed E-state index contributed by atoms with van der Waals surface area (Å²) in [4.78, 5) is 2.09. The molecule has 0 radical (unpaired) electrons. The zero-order chi connectivity index (χ0) is 14.6. The van der Waals surface area contributed by atoms with E-state index < -0.39 is 12.1 Å². The summed E-state index contributed by atoms with van der Waals surface area (Å²) in [6.45, 7) is 2.58. The van der Waals surface area contributed by atoms with E-state index in [9.17, 15) is 13.2 Å². The molecule has 112 valence electrons. The average molecular weight is 351 g/mol. The summed E-state index contributed by atoms with van der Waals surface area (Å²) in [5.74, 6) is -1.11. The number of likely N-dealkylation sites (tertiary alicyclic amines) is 1. The van der Waals surface area contributed by atoms with Gasteiger partial charge in [-0.2, -0.15) is 13.2 Å². The van der Waals surface area contributed by atoms with Gasteiger partial charge in [-0.05, 0) is 44.1 Å². The van der Waals surface area contributed by atoms with Crippen molar-refractivity contribution in [3.63, 3.8) is 0 Å². The highest BCUT2D eigenvalue weighted by Crippen LogP contribution is 2.33. The van der Waals surface area contributed by atoms with Crippen LogP contribution in [0.2, 0.25) is 0 Å². The third-order valence-corrected chi connectivity index (χ3v) is 4.13. The van der Waals surface area contributed by atoms with Gasteiger partial charge in [0.1, 0.15) is 0 Å². The molecule has 2 rings (SSSR count). The minimum absolute atomic E-state index is 0.223. The summed E-state index contributed by atoms with van der Waals surface area (Å²) in [5.41, 5.74) is 1.02. The molecule has 1 aromatic carbocycles. The van der Waals surface area contributed by atoms with Crippen LogP contribution < -0.4 is 5.32 Å². The first-order valence-electron chi connectivity index (χ1n) is 6.73. The zero-order valence-electron chi connectivity index (χ0n) is 11.1. The Morgan fingerprint density at radius 2 is 1.95 bits per heavy atom. The van der Waals surface area contributed by atoms with Crippen molar-refractivity contribution < 1.29 is 13.2 Å². The highest BCUT2D eigenvalue weighted by Gasteiger charge is 2.40. The Morgan fingerprint density at radius 3 is 2.55 bits per heavy atom. The van der Waals surface area contributed by atoms with Crippen molar-refractivity contribution in [2.24, 2.45) is 5.92 Å². The van der Waals surface area contributed by atoms with Crippen LogP contribution in [-0.2, 0) is 0 Å². The van der Waals surface area contributed by atoms with Gasteiger partial charge in [0.15, 0.2) is 0 Å². The summed E-state index contributed by atoms with van der Waals surface area (Å²) in [6.07, 6.45) is -3.58. The minimum Gasteiger partial charge on any atom is -0.384 e. The van der Waals surface area contributed by atoms with Crippen molar-refractivity contribution in [1.82, 2.24) is 4.90 Å². The minimum atomic E-state index is -4.03. The quantitative estimate of drug-likeness (QED) is 0.877. The van der Waals surface area contributed by atoms with E-state index in [-0.39, 0.29) is 12.8 Å². The third-order valence-electron chi connectivity index (χ3n) is 3.63. The maximum absolute atomic E-state index is 12.5. The van der Waals surface area contributed by atoms with Gasteiger partial charge in [0, 0.05) is 23.2 Å². The predicted octanol–water partition coefficient (Wildman–Crippen LogP) is 4.14. The lowest BCUT2D eigenvalue weighted by atomic mass is 9.96. The zero-order valence-corrected chi connectivity index (χ0v) is 12.7. The van der Waals surface area contributed by atoms with Crippen LogP contribution in [0.15, 0.2) is 28.7 Å². The molecule has 0 bridgehead atoms. The van der Waals surface area contributed by atoms with Gasteiger partial charge in [0.25, 0.3) is 0 Å². The molecule has 1 aromatic rings. The molecule has 1 aliphatic rings. The fourth-order valence-corrected chi connectivity index (χ4v) is 2.84. The smallest absolute Gasteiger partial charge is 0.384 e. The van der Waals surface area contributed by atoms with Crippen LogP contribution in [0, 0.1) is 5.92 Å². The fourth-order valence-electron chi connectivity index (χ4n) is 2.44.